The van der Waals surface area contributed by atoms with Crippen LogP contribution >= 0.6 is 11.8 Å². The predicted molar refractivity (Wildman–Crippen MR) is 125 cm³/mol. The number of anilines is 1. The van der Waals surface area contributed by atoms with Crippen LogP contribution in [0.4, 0.5) is 5.82 Å². The fraction of sp³-hybridized carbons (Fsp3) is 0.136. The molecule has 0 atom stereocenters. The molecule has 0 spiro atoms. The summed E-state index contributed by atoms with van der Waals surface area (Å²) in [5.41, 5.74) is 11.9. The van der Waals surface area contributed by atoms with Crippen LogP contribution in [0.15, 0.2) is 63.2 Å². The molecule has 0 bridgehead atoms. The Morgan fingerprint density at radius 1 is 1.21 bits per heavy atom. The van der Waals surface area contributed by atoms with Crippen LogP contribution in [0, 0.1) is 18.3 Å². The number of aromatic nitrogens is 5. The number of hydrazone groups is 1. The van der Waals surface area contributed by atoms with Crippen molar-refractivity contribution in [3.63, 3.8) is 0 Å². The van der Waals surface area contributed by atoms with Gasteiger partial charge >= 0.3 is 0 Å². The first-order chi connectivity index (χ1) is 16.5. The number of benzene rings is 2. The maximum Gasteiger partial charge on any atom is 0.293 e. The topological polar surface area (TPSA) is 161 Å². The van der Waals surface area contributed by atoms with Gasteiger partial charge in [-0.1, -0.05) is 35.0 Å². The van der Waals surface area contributed by atoms with E-state index in [0.717, 1.165) is 16.0 Å². The molecule has 170 valence electrons. The van der Waals surface area contributed by atoms with Crippen molar-refractivity contribution in [2.45, 2.75) is 24.5 Å². The van der Waals surface area contributed by atoms with Crippen LogP contribution in [-0.2, 0) is 5.75 Å². The van der Waals surface area contributed by atoms with Gasteiger partial charge in [0.25, 0.3) is 5.91 Å². The number of amides is 1. The van der Waals surface area contributed by atoms with Gasteiger partial charge in [-0.15, -0.1) is 16.9 Å². The van der Waals surface area contributed by atoms with Crippen LogP contribution in [0.1, 0.15) is 39.8 Å². The Bertz CT molecular complexity index is 1380. The molecule has 0 aliphatic carbocycles. The molecule has 4 rings (SSSR count). The van der Waals surface area contributed by atoms with Gasteiger partial charge in [-0.2, -0.15) is 15.0 Å². The largest absolute Gasteiger partial charge is 0.378 e. The highest BCUT2D eigenvalue weighted by atomic mass is 32.2. The summed E-state index contributed by atoms with van der Waals surface area (Å²) in [6.45, 7) is 3.76. The summed E-state index contributed by atoms with van der Waals surface area (Å²) in [6, 6.07) is 16.9. The highest BCUT2D eigenvalue weighted by Crippen LogP contribution is 2.26. The highest BCUT2D eigenvalue weighted by Gasteiger charge is 2.24. The Morgan fingerprint density at radius 3 is 2.59 bits per heavy atom. The third-order valence-electron chi connectivity index (χ3n) is 4.83. The van der Waals surface area contributed by atoms with Crippen LogP contribution in [0.5, 0.6) is 0 Å². The van der Waals surface area contributed by atoms with Crippen molar-refractivity contribution >= 4 is 29.2 Å². The van der Waals surface area contributed by atoms with E-state index in [9.17, 15) is 4.79 Å². The molecule has 0 saturated heterocycles. The number of rotatable bonds is 7. The molecule has 0 aliphatic heterocycles. The van der Waals surface area contributed by atoms with Crippen LogP contribution < -0.4 is 11.2 Å². The Hall–Kier alpha value is -4.50. The standard InChI is InChI=1S/C22H19N9O2S/c1-13-3-9-17(10-4-13)34-12-18-19(26-30-31(18)21-20(24)28-33-29-21)22(32)27-25-14(2)16-7-5-15(11-23)6-8-16/h3-10H,12H2,1-2H3,(H2,24,28)(H,27,32). The number of carbonyl (C=O) groups is 1. The van der Waals surface area contributed by atoms with Crippen molar-refractivity contribution in [1.29, 1.82) is 5.26 Å². The third kappa shape index (κ3) is 4.94. The molecule has 0 aliphatic rings. The molecule has 0 radical (unpaired) electrons. The minimum atomic E-state index is -0.547. The molecule has 2 heterocycles. The first-order valence-corrected chi connectivity index (χ1v) is 11.0. The minimum Gasteiger partial charge on any atom is -0.378 e. The van der Waals surface area contributed by atoms with E-state index in [4.69, 9.17) is 11.0 Å². The predicted octanol–water partition coefficient (Wildman–Crippen LogP) is 2.86. The van der Waals surface area contributed by atoms with Gasteiger partial charge in [-0.05, 0) is 54.0 Å². The molecule has 3 N–H and O–H groups in total. The van der Waals surface area contributed by atoms with Crippen molar-refractivity contribution in [2.75, 3.05) is 5.73 Å². The van der Waals surface area contributed by atoms with E-state index in [1.54, 1.807) is 31.2 Å². The number of thioether (sulfide) groups is 1. The number of hydrogen-bond acceptors (Lipinski definition) is 10. The Labute approximate surface area is 198 Å². The lowest BCUT2D eigenvalue weighted by atomic mass is 10.1. The van der Waals surface area contributed by atoms with Crippen molar-refractivity contribution in [3.8, 4) is 11.9 Å². The molecule has 0 saturated carbocycles. The lowest BCUT2D eigenvalue weighted by Gasteiger charge is -2.06. The van der Waals surface area contributed by atoms with Crippen LogP contribution in [-0.4, -0.2) is 36.9 Å². The Balaban J connectivity index is 1.59. The number of nitriles is 1. The molecule has 1 amide bonds. The van der Waals surface area contributed by atoms with Gasteiger partial charge < -0.3 is 5.73 Å². The molecule has 34 heavy (non-hydrogen) atoms. The average Bonchev–Trinajstić information content (AvgIpc) is 3.47. The number of nitrogen functional groups attached to an aromatic ring is 1. The first-order valence-electron chi connectivity index (χ1n) is 10.0. The van der Waals surface area contributed by atoms with E-state index in [1.807, 2.05) is 31.2 Å². The van der Waals surface area contributed by atoms with Gasteiger partial charge in [-0.3, -0.25) is 4.79 Å². The second-order valence-electron chi connectivity index (χ2n) is 7.20. The monoisotopic (exact) mass is 473 g/mol. The smallest absolute Gasteiger partial charge is 0.293 e. The van der Waals surface area contributed by atoms with Gasteiger partial charge in [0.05, 0.1) is 23.0 Å². The fourth-order valence-corrected chi connectivity index (χ4v) is 3.83. The number of hydrogen-bond donors (Lipinski definition) is 2. The van der Waals surface area contributed by atoms with Crippen molar-refractivity contribution in [1.82, 2.24) is 30.7 Å². The van der Waals surface area contributed by atoms with Crippen LogP contribution in [0.3, 0.4) is 0 Å². The van der Waals surface area contributed by atoms with Crippen LogP contribution in [0.25, 0.3) is 5.82 Å². The van der Waals surface area contributed by atoms with Gasteiger partial charge in [0, 0.05) is 10.6 Å². The van der Waals surface area contributed by atoms with E-state index >= 15 is 0 Å². The lowest BCUT2D eigenvalue weighted by molar-refractivity contribution is 0.0949. The molecule has 2 aromatic carbocycles. The molecule has 12 heteroatoms. The summed E-state index contributed by atoms with van der Waals surface area (Å²) in [5, 5.41) is 28.5. The maximum atomic E-state index is 12.9. The molecular formula is C22H19N9O2S. The number of nitrogens with one attached hydrogen (secondary N) is 1. The average molecular weight is 474 g/mol. The lowest BCUT2D eigenvalue weighted by Crippen LogP contribution is -2.21. The van der Waals surface area contributed by atoms with Gasteiger partial charge in [0.15, 0.2) is 5.69 Å². The van der Waals surface area contributed by atoms with E-state index in [-0.39, 0.29) is 17.3 Å². The normalized spacial score (nSPS) is 11.3. The summed E-state index contributed by atoms with van der Waals surface area (Å²) >= 11 is 1.50. The number of aryl methyl sites for hydroxylation is 1. The minimum absolute atomic E-state index is 0.0214. The van der Waals surface area contributed by atoms with E-state index in [1.165, 1.54) is 16.4 Å². The molecule has 0 fully saturated rings. The quantitative estimate of drug-likeness (QED) is 0.233. The molecular weight excluding hydrogens is 454 g/mol. The Morgan fingerprint density at radius 2 is 1.94 bits per heavy atom. The molecule has 11 nitrogen and oxygen atoms in total. The molecule has 2 aromatic heterocycles. The van der Waals surface area contributed by atoms with Gasteiger partial charge in [-0.25, -0.2) is 10.1 Å². The first kappa shape index (κ1) is 22.7. The summed E-state index contributed by atoms with van der Waals surface area (Å²) < 4.78 is 6.01. The van der Waals surface area contributed by atoms with E-state index in [0.29, 0.717) is 22.7 Å². The molecule has 4 aromatic rings. The second kappa shape index (κ2) is 9.97. The fourth-order valence-electron chi connectivity index (χ4n) is 2.94. The van der Waals surface area contributed by atoms with Gasteiger partial charge in [0.1, 0.15) is 0 Å². The summed E-state index contributed by atoms with van der Waals surface area (Å²) in [4.78, 5) is 14.0. The van der Waals surface area contributed by atoms with Crippen molar-refractivity contribution in [3.05, 3.63) is 76.6 Å². The zero-order chi connectivity index (χ0) is 24.1. The van der Waals surface area contributed by atoms with Crippen LogP contribution in [0.2, 0.25) is 0 Å². The number of nitrogens with zero attached hydrogens (tertiary/aromatic N) is 7. The van der Waals surface area contributed by atoms with Crippen molar-refractivity contribution in [2.24, 2.45) is 5.10 Å². The summed E-state index contributed by atoms with van der Waals surface area (Å²) in [5.74, 6) is -0.0334. The molecule has 0 unspecified atom stereocenters. The highest BCUT2D eigenvalue weighted by molar-refractivity contribution is 7.98. The summed E-state index contributed by atoms with van der Waals surface area (Å²) in [6.07, 6.45) is 0. The van der Waals surface area contributed by atoms with E-state index < -0.39 is 5.91 Å². The zero-order valence-corrected chi connectivity index (χ0v) is 19.1. The maximum absolute atomic E-state index is 12.9. The van der Waals surface area contributed by atoms with Crippen molar-refractivity contribution < 1.29 is 9.42 Å². The SMILES string of the molecule is CC(=NNC(=O)c1nnn(-c2nonc2N)c1CSc1ccc(C)cc1)c1ccc(C#N)cc1. The van der Waals surface area contributed by atoms with E-state index in [2.05, 4.69) is 41.9 Å². The third-order valence-corrected chi connectivity index (χ3v) is 5.85. The summed E-state index contributed by atoms with van der Waals surface area (Å²) in [7, 11) is 0. The Kier molecular flexibility index (Phi) is 6.65. The van der Waals surface area contributed by atoms with Gasteiger partial charge in [0.2, 0.25) is 11.6 Å². The zero-order valence-electron chi connectivity index (χ0n) is 18.3. The number of nitrogens with two attached hydrogens (primary N) is 1. The second-order valence-corrected chi connectivity index (χ2v) is 8.25. The number of carbonyl (C=O) groups excluding carboxylic acids is 1.